The van der Waals surface area contributed by atoms with Gasteiger partial charge < -0.3 is 9.47 Å². The molecule has 1 aliphatic heterocycles. The molecule has 1 fully saturated rings. The van der Waals surface area contributed by atoms with Gasteiger partial charge in [-0.05, 0) is 20.8 Å². The molecule has 1 amide bonds. The third-order valence-electron chi connectivity index (χ3n) is 2.03. The first-order valence-corrected chi connectivity index (χ1v) is 6.19. The Labute approximate surface area is 99.0 Å². The van der Waals surface area contributed by atoms with E-state index in [4.69, 9.17) is 9.47 Å². The molecule has 88 valence electrons. The van der Waals surface area contributed by atoms with E-state index >= 15 is 0 Å². The highest BCUT2D eigenvalue weighted by molar-refractivity contribution is 9.09. The molecule has 4 nitrogen and oxygen atoms in total. The van der Waals surface area contributed by atoms with Crippen LogP contribution in [-0.4, -0.2) is 47.7 Å². The van der Waals surface area contributed by atoms with Gasteiger partial charge >= 0.3 is 6.09 Å². The molecule has 0 spiro atoms. The zero-order valence-corrected chi connectivity index (χ0v) is 11.0. The third kappa shape index (κ3) is 3.99. The summed E-state index contributed by atoms with van der Waals surface area (Å²) in [6.07, 6.45) is -0.254. The zero-order chi connectivity index (χ0) is 11.5. The maximum Gasteiger partial charge on any atom is 0.410 e. The molecule has 1 atom stereocenters. The van der Waals surface area contributed by atoms with Crippen molar-refractivity contribution >= 4 is 22.0 Å². The fraction of sp³-hybridized carbons (Fsp3) is 0.900. The molecule has 1 aliphatic rings. The number of halogens is 1. The largest absolute Gasteiger partial charge is 0.444 e. The highest BCUT2D eigenvalue weighted by Gasteiger charge is 2.30. The monoisotopic (exact) mass is 279 g/mol. The van der Waals surface area contributed by atoms with Crippen LogP contribution in [0.3, 0.4) is 0 Å². The molecule has 0 aromatic heterocycles. The first-order valence-electron chi connectivity index (χ1n) is 5.07. The minimum Gasteiger partial charge on any atom is -0.444 e. The predicted octanol–water partition coefficient (Wildman–Crippen LogP) is 2.02. The van der Waals surface area contributed by atoms with Crippen molar-refractivity contribution in [2.45, 2.75) is 32.4 Å². The summed E-state index contributed by atoms with van der Waals surface area (Å²) in [6.45, 7) is 7.37. The normalized spacial score (nSPS) is 22.7. The van der Waals surface area contributed by atoms with Crippen LogP contribution in [0, 0.1) is 0 Å². The van der Waals surface area contributed by atoms with Crippen molar-refractivity contribution in [2.75, 3.05) is 25.1 Å². The minimum absolute atomic E-state index is 0.0774. The van der Waals surface area contributed by atoms with Crippen molar-refractivity contribution in [3.63, 3.8) is 0 Å². The highest BCUT2D eigenvalue weighted by Crippen LogP contribution is 2.15. The van der Waals surface area contributed by atoms with Crippen LogP contribution >= 0.6 is 15.9 Å². The van der Waals surface area contributed by atoms with Crippen LogP contribution < -0.4 is 0 Å². The van der Waals surface area contributed by atoms with Gasteiger partial charge in [0.05, 0.1) is 19.3 Å². The molecule has 0 unspecified atom stereocenters. The van der Waals surface area contributed by atoms with Gasteiger partial charge in [0.15, 0.2) is 0 Å². The van der Waals surface area contributed by atoms with Gasteiger partial charge in [-0.15, -0.1) is 0 Å². The Kier molecular flexibility index (Phi) is 4.40. The molecule has 0 aromatic rings. The summed E-state index contributed by atoms with van der Waals surface area (Å²) in [6, 6.07) is 0.0774. The first-order chi connectivity index (χ1) is 6.94. The summed E-state index contributed by atoms with van der Waals surface area (Å²) < 4.78 is 10.6. The number of carbonyl (C=O) groups is 1. The summed E-state index contributed by atoms with van der Waals surface area (Å²) in [5.74, 6) is 0. The number of nitrogens with zero attached hydrogens (tertiary/aromatic N) is 1. The smallest absolute Gasteiger partial charge is 0.410 e. The lowest BCUT2D eigenvalue weighted by atomic mass is 10.2. The van der Waals surface area contributed by atoms with Gasteiger partial charge in [0.25, 0.3) is 0 Å². The number of morpholine rings is 1. The van der Waals surface area contributed by atoms with Gasteiger partial charge in [-0.3, -0.25) is 4.90 Å². The molecule has 0 saturated carbocycles. The zero-order valence-electron chi connectivity index (χ0n) is 9.46. The van der Waals surface area contributed by atoms with Gasteiger partial charge in [-0.2, -0.15) is 0 Å². The Morgan fingerprint density at radius 3 is 2.80 bits per heavy atom. The number of amides is 1. The second-order valence-corrected chi connectivity index (χ2v) is 5.20. The van der Waals surface area contributed by atoms with E-state index in [0.717, 1.165) is 0 Å². The average molecular weight is 280 g/mol. The quantitative estimate of drug-likeness (QED) is 0.690. The van der Waals surface area contributed by atoms with Crippen LogP contribution in [0.25, 0.3) is 0 Å². The molecule has 0 N–H and O–H groups in total. The van der Waals surface area contributed by atoms with Crippen LogP contribution in [0.2, 0.25) is 0 Å². The molecule has 1 saturated heterocycles. The van der Waals surface area contributed by atoms with Crippen LogP contribution in [0.1, 0.15) is 20.8 Å². The standard InChI is InChI=1S/C10H18BrNO3/c1-10(2,3)15-9(13)12-4-5-14-7-8(12)6-11/h8H,4-7H2,1-3H3/t8-/m1/s1. The molecule has 0 aromatic carbocycles. The third-order valence-corrected chi connectivity index (χ3v) is 2.78. The molecule has 1 rings (SSSR count). The fourth-order valence-electron chi connectivity index (χ4n) is 1.34. The van der Waals surface area contributed by atoms with E-state index in [2.05, 4.69) is 15.9 Å². The Morgan fingerprint density at radius 1 is 1.60 bits per heavy atom. The highest BCUT2D eigenvalue weighted by atomic mass is 79.9. The van der Waals surface area contributed by atoms with Crippen molar-refractivity contribution in [3.05, 3.63) is 0 Å². The molecular weight excluding hydrogens is 262 g/mol. The second kappa shape index (κ2) is 5.16. The van der Waals surface area contributed by atoms with E-state index in [0.29, 0.717) is 25.1 Å². The Bertz CT molecular complexity index is 227. The van der Waals surface area contributed by atoms with Gasteiger partial charge in [-0.1, -0.05) is 15.9 Å². The maximum absolute atomic E-state index is 11.8. The molecule has 0 radical (unpaired) electrons. The summed E-state index contributed by atoms with van der Waals surface area (Å²) in [5.41, 5.74) is -0.438. The summed E-state index contributed by atoms with van der Waals surface area (Å²) >= 11 is 3.37. The van der Waals surface area contributed by atoms with Crippen molar-refractivity contribution < 1.29 is 14.3 Å². The number of ether oxygens (including phenoxy) is 2. The number of hydrogen-bond donors (Lipinski definition) is 0. The van der Waals surface area contributed by atoms with Gasteiger partial charge in [-0.25, -0.2) is 4.79 Å². The Balaban J connectivity index is 2.56. The summed E-state index contributed by atoms with van der Waals surface area (Å²) in [4.78, 5) is 13.5. The SMILES string of the molecule is CC(C)(C)OC(=O)N1CCOC[C@H]1CBr. The Hall–Kier alpha value is -0.290. The van der Waals surface area contributed by atoms with Crippen molar-refractivity contribution in [3.8, 4) is 0 Å². The van der Waals surface area contributed by atoms with Gasteiger partial charge in [0.2, 0.25) is 0 Å². The number of alkyl halides is 1. The fourth-order valence-corrected chi connectivity index (χ4v) is 1.88. The van der Waals surface area contributed by atoms with Crippen LogP contribution in [0.4, 0.5) is 4.79 Å². The number of rotatable bonds is 1. The van der Waals surface area contributed by atoms with Crippen LogP contribution in [0.5, 0.6) is 0 Å². The maximum atomic E-state index is 11.8. The van der Waals surface area contributed by atoms with Crippen molar-refractivity contribution in [1.82, 2.24) is 4.90 Å². The predicted molar refractivity (Wildman–Crippen MR) is 61.3 cm³/mol. The minimum atomic E-state index is -0.438. The molecule has 1 heterocycles. The summed E-state index contributed by atoms with van der Waals surface area (Å²) in [7, 11) is 0. The lowest BCUT2D eigenvalue weighted by Gasteiger charge is -2.35. The first kappa shape index (κ1) is 12.8. The lowest BCUT2D eigenvalue weighted by molar-refractivity contribution is -0.0265. The van der Waals surface area contributed by atoms with Gasteiger partial charge in [0.1, 0.15) is 5.60 Å². The van der Waals surface area contributed by atoms with E-state index < -0.39 is 5.60 Å². The number of hydrogen-bond acceptors (Lipinski definition) is 3. The van der Waals surface area contributed by atoms with Crippen molar-refractivity contribution in [2.24, 2.45) is 0 Å². The van der Waals surface area contributed by atoms with E-state index in [9.17, 15) is 4.79 Å². The van der Waals surface area contributed by atoms with E-state index in [-0.39, 0.29) is 12.1 Å². The Morgan fingerprint density at radius 2 is 2.27 bits per heavy atom. The molecule has 15 heavy (non-hydrogen) atoms. The van der Waals surface area contributed by atoms with Gasteiger partial charge in [0, 0.05) is 11.9 Å². The molecular formula is C10H18BrNO3. The lowest BCUT2D eigenvalue weighted by Crippen LogP contribution is -2.51. The van der Waals surface area contributed by atoms with Crippen molar-refractivity contribution in [1.29, 1.82) is 0 Å². The van der Waals surface area contributed by atoms with Crippen LogP contribution in [0.15, 0.2) is 0 Å². The second-order valence-electron chi connectivity index (χ2n) is 4.56. The average Bonchev–Trinajstić information content (AvgIpc) is 2.15. The molecule has 5 heteroatoms. The van der Waals surface area contributed by atoms with E-state index in [1.54, 1.807) is 4.90 Å². The van der Waals surface area contributed by atoms with Crippen LogP contribution in [-0.2, 0) is 9.47 Å². The summed E-state index contributed by atoms with van der Waals surface area (Å²) in [5, 5.41) is 0.715. The number of carbonyl (C=O) groups excluding carboxylic acids is 1. The van der Waals surface area contributed by atoms with E-state index in [1.807, 2.05) is 20.8 Å². The molecule has 0 bridgehead atoms. The molecule has 0 aliphatic carbocycles. The van der Waals surface area contributed by atoms with E-state index in [1.165, 1.54) is 0 Å². The topological polar surface area (TPSA) is 38.8 Å².